The third kappa shape index (κ3) is 3.13. The van der Waals surface area contributed by atoms with E-state index in [1.807, 2.05) is 6.07 Å². The summed E-state index contributed by atoms with van der Waals surface area (Å²) in [6.07, 6.45) is 4.48. The van der Waals surface area contributed by atoms with Crippen molar-refractivity contribution in [1.82, 2.24) is 0 Å². The minimum atomic E-state index is -0.958. The second kappa shape index (κ2) is 6.18. The summed E-state index contributed by atoms with van der Waals surface area (Å²) in [6, 6.07) is 5.38. The van der Waals surface area contributed by atoms with E-state index in [0.29, 0.717) is 11.5 Å². The van der Waals surface area contributed by atoms with Crippen LogP contribution in [0.15, 0.2) is 18.2 Å². The maximum absolute atomic E-state index is 11.4. The number of aliphatic hydroxyl groups is 1. The summed E-state index contributed by atoms with van der Waals surface area (Å²) in [4.78, 5) is 11.4. The number of hydrogen-bond donors (Lipinski definition) is 2. The molecule has 0 radical (unpaired) electrons. The molecule has 0 amide bonds. The van der Waals surface area contributed by atoms with E-state index in [-0.39, 0.29) is 17.6 Å². The number of carbonyl (C=O) groups is 1. The zero-order valence-corrected chi connectivity index (χ0v) is 13.2. The van der Waals surface area contributed by atoms with Gasteiger partial charge in [0.15, 0.2) is 0 Å². The molecule has 1 aliphatic rings. The summed E-state index contributed by atoms with van der Waals surface area (Å²) >= 11 is 0. The fourth-order valence-corrected chi connectivity index (χ4v) is 3.74. The van der Waals surface area contributed by atoms with Gasteiger partial charge in [0.25, 0.3) is 0 Å². The molecule has 1 aromatic rings. The van der Waals surface area contributed by atoms with E-state index in [0.717, 1.165) is 24.3 Å². The minimum absolute atomic E-state index is 0.0189. The summed E-state index contributed by atoms with van der Waals surface area (Å²) in [5.74, 6) is 0.510. The monoisotopic (exact) mass is 290 g/mol. The molecule has 1 aliphatic carbocycles. The highest BCUT2D eigenvalue weighted by Crippen LogP contribution is 2.44. The summed E-state index contributed by atoms with van der Waals surface area (Å²) in [7, 11) is 0. The number of rotatable bonds is 4. The molecule has 1 aromatic carbocycles. The molecule has 0 aromatic heterocycles. The highest BCUT2D eigenvalue weighted by atomic mass is 16.4. The van der Waals surface area contributed by atoms with Crippen molar-refractivity contribution in [3.63, 3.8) is 0 Å². The van der Waals surface area contributed by atoms with Crippen LogP contribution in [0.25, 0.3) is 0 Å². The summed E-state index contributed by atoms with van der Waals surface area (Å²) < 4.78 is 0. The number of benzene rings is 1. The Balaban J connectivity index is 2.34. The van der Waals surface area contributed by atoms with Crippen LogP contribution in [0.4, 0.5) is 0 Å². The maximum Gasteiger partial charge on any atom is 0.336 e. The second-order valence-electron chi connectivity index (χ2n) is 6.94. The summed E-state index contributed by atoms with van der Waals surface area (Å²) in [6.45, 7) is 6.56. The van der Waals surface area contributed by atoms with E-state index in [9.17, 15) is 15.0 Å². The molecule has 1 saturated carbocycles. The van der Waals surface area contributed by atoms with Gasteiger partial charge in [-0.15, -0.1) is 0 Å². The average molecular weight is 290 g/mol. The van der Waals surface area contributed by atoms with E-state index in [1.54, 1.807) is 12.1 Å². The highest BCUT2D eigenvalue weighted by molar-refractivity contribution is 5.89. The van der Waals surface area contributed by atoms with Crippen LogP contribution in [0.2, 0.25) is 0 Å². The Hall–Kier alpha value is -1.35. The molecule has 116 valence electrons. The number of carboxylic acids is 1. The van der Waals surface area contributed by atoms with Gasteiger partial charge in [0.2, 0.25) is 0 Å². The Morgan fingerprint density at radius 2 is 1.95 bits per heavy atom. The van der Waals surface area contributed by atoms with Crippen molar-refractivity contribution in [1.29, 1.82) is 0 Å². The predicted octanol–water partition coefficient (Wildman–Crippen LogP) is 3.98. The number of carboxylic acid groups (broad SMARTS) is 1. The molecule has 0 heterocycles. The molecule has 0 aliphatic heterocycles. The molecule has 0 bridgehead atoms. The minimum Gasteiger partial charge on any atom is -0.478 e. The van der Waals surface area contributed by atoms with E-state index in [2.05, 4.69) is 20.8 Å². The van der Waals surface area contributed by atoms with Gasteiger partial charge in [-0.25, -0.2) is 4.79 Å². The van der Waals surface area contributed by atoms with Crippen LogP contribution in [0.5, 0.6) is 0 Å². The third-order valence-corrected chi connectivity index (χ3v) is 5.29. The molecule has 2 rings (SSSR count). The Morgan fingerprint density at radius 1 is 1.33 bits per heavy atom. The second-order valence-corrected chi connectivity index (χ2v) is 6.94. The average Bonchev–Trinajstić information content (AvgIpc) is 2.46. The van der Waals surface area contributed by atoms with Gasteiger partial charge in [0.1, 0.15) is 0 Å². The van der Waals surface area contributed by atoms with Crippen LogP contribution in [-0.2, 0) is 12.0 Å². The molecule has 0 saturated heterocycles. The Morgan fingerprint density at radius 3 is 2.43 bits per heavy atom. The van der Waals surface area contributed by atoms with Gasteiger partial charge >= 0.3 is 5.97 Å². The fourth-order valence-electron chi connectivity index (χ4n) is 3.74. The van der Waals surface area contributed by atoms with Crippen LogP contribution >= 0.6 is 0 Å². The van der Waals surface area contributed by atoms with Gasteiger partial charge in [-0.2, -0.15) is 0 Å². The highest BCUT2D eigenvalue weighted by Gasteiger charge is 2.35. The first kappa shape index (κ1) is 16.0. The van der Waals surface area contributed by atoms with Crippen molar-refractivity contribution in [3.05, 3.63) is 34.9 Å². The molecule has 1 fully saturated rings. The van der Waals surface area contributed by atoms with Gasteiger partial charge in [-0.1, -0.05) is 32.9 Å². The maximum atomic E-state index is 11.4. The lowest BCUT2D eigenvalue weighted by Gasteiger charge is -2.40. The standard InChI is InChI=1S/C18H26O3/c1-12(2)13-7-9-18(3,10-8-13)16-6-4-5-14(17(20)21)15(16)11-19/h4-6,12-13,19H,7-11H2,1-3H3,(H,20,21). The SMILES string of the molecule is CC(C)C1CCC(C)(c2cccc(C(=O)O)c2CO)CC1. The normalized spacial score (nSPS) is 26.0. The fraction of sp³-hybridized carbons (Fsp3) is 0.611. The molecule has 3 heteroatoms. The quantitative estimate of drug-likeness (QED) is 0.881. The van der Waals surface area contributed by atoms with E-state index >= 15 is 0 Å². The van der Waals surface area contributed by atoms with Gasteiger partial charge in [0, 0.05) is 0 Å². The topological polar surface area (TPSA) is 57.5 Å². The molecule has 0 spiro atoms. The van der Waals surface area contributed by atoms with Crippen molar-refractivity contribution in [2.45, 2.75) is 58.5 Å². The van der Waals surface area contributed by atoms with Crippen LogP contribution in [0.3, 0.4) is 0 Å². The first-order chi connectivity index (χ1) is 9.89. The lowest BCUT2D eigenvalue weighted by atomic mass is 9.65. The van der Waals surface area contributed by atoms with Gasteiger partial charge in [-0.05, 0) is 60.1 Å². The Labute approximate surface area is 127 Å². The van der Waals surface area contributed by atoms with Crippen LogP contribution in [0.1, 0.15) is 67.9 Å². The lowest BCUT2D eigenvalue weighted by molar-refractivity contribution is 0.0692. The van der Waals surface area contributed by atoms with Crippen molar-refractivity contribution in [2.75, 3.05) is 0 Å². The van der Waals surface area contributed by atoms with E-state index in [1.165, 1.54) is 12.8 Å². The smallest absolute Gasteiger partial charge is 0.336 e. The summed E-state index contributed by atoms with van der Waals surface area (Å²) in [5.41, 5.74) is 1.83. The van der Waals surface area contributed by atoms with Crippen LogP contribution < -0.4 is 0 Å². The van der Waals surface area contributed by atoms with Gasteiger partial charge < -0.3 is 10.2 Å². The molecular formula is C18H26O3. The van der Waals surface area contributed by atoms with E-state index < -0.39 is 5.97 Å². The van der Waals surface area contributed by atoms with Crippen LogP contribution in [0, 0.1) is 11.8 Å². The van der Waals surface area contributed by atoms with Crippen LogP contribution in [-0.4, -0.2) is 16.2 Å². The molecule has 0 unspecified atom stereocenters. The predicted molar refractivity (Wildman–Crippen MR) is 83.5 cm³/mol. The molecule has 21 heavy (non-hydrogen) atoms. The molecule has 2 N–H and O–H groups in total. The van der Waals surface area contributed by atoms with Crippen molar-refractivity contribution >= 4 is 5.97 Å². The molecular weight excluding hydrogens is 264 g/mol. The van der Waals surface area contributed by atoms with Gasteiger partial charge in [0.05, 0.1) is 12.2 Å². The third-order valence-electron chi connectivity index (χ3n) is 5.29. The largest absolute Gasteiger partial charge is 0.478 e. The van der Waals surface area contributed by atoms with E-state index in [4.69, 9.17) is 0 Å². The number of hydrogen-bond acceptors (Lipinski definition) is 2. The zero-order valence-electron chi connectivity index (χ0n) is 13.2. The zero-order chi connectivity index (χ0) is 15.6. The number of aliphatic hydroxyl groups excluding tert-OH is 1. The van der Waals surface area contributed by atoms with Crippen molar-refractivity contribution < 1.29 is 15.0 Å². The van der Waals surface area contributed by atoms with Crippen molar-refractivity contribution in [3.8, 4) is 0 Å². The lowest BCUT2D eigenvalue weighted by Crippen LogP contribution is -2.31. The molecule has 0 atom stereocenters. The van der Waals surface area contributed by atoms with Crippen molar-refractivity contribution in [2.24, 2.45) is 11.8 Å². The summed E-state index contributed by atoms with van der Waals surface area (Å²) in [5, 5.41) is 19.0. The Kier molecular flexibility index (Phi) is 4.72. The molecule has 3 nitrogen and oxygen atoms in total. The Bertz CT molecular complexity index is 511. The van der Waals surface area contributed by atoms with Gasteiger partial charge in [-0.3, -0.25) is 0 Å². The first-order valence-corrected chi connectivity index (χ1v) is 7.85. The number of aromatic carboxylic acids is 1. The first-order valence-electron chi connectivity index (χ1n) is 7.85.